The summed E-state index contributed by atoms with van der Waals surface area (Å²) in [5.74, 6) is 1.42. The second-order valence-corrected chi connectivity index (χ2v) is 9.67. The van der Waals surface area contributed by atoms with Gasteiger partial charge in [-0.15, -0.1) is 0 Å². The fourth-order valence-electron chi connectivity index (χ4n) is 7.11. The van der Waals surface area contributed by atoms with E-state index in [9.17, 15) is 9.90 Å². The molecule has 1 spiro atoms. The summed E-state index contributed by atoms with van der Waals surface area (Å²) in [6, 6.07) is 6.44. The molecule has 0 radical (unpaired) electrons. The van der Waals surface area contributed by atoms with Gasteiger partial charge >= 0.3 is 5.97 Å². The van der Waals surface area contributed by atoms with Crippen LogP contribution in [0.15, 0.2) is 18.2 Å². The van der Waals surface area contributed by atoms with Crippen LogP contribution < -0.4 is 4.74 Å². The summed E-state index contributed by atoms with van der Waals surface area (Å²) in [5, 5.41) is 12.3. The molecule has 2 saturated carbocycles. The van der Waals surface area contributed by atoms with E-state index in [1.54, 1.807) is 0 Å². The molecule has 6 rings (SSSR count). The number of esters is 1. The Kier molecular flexibility index (Phi) is 3.54. The molecular weight excluding hydrogens is 354 g/mol. The summed E-state index contributed by atoms with van der Waals surface area (Å²) in [7, 11) is 0. The van der Waals surface area contributed by atoms with Crippen molar-refractivity contribution in [3.8, 4) is 5.75 Å². The lowest BCUT2D eigenvalue weighted by atomic mass is 9.48. The molecule has 2 heterocycles. The quantitative estimate of drug-likeness (QED) is 0.813. The predicted octanol–water partition coefficient (Wildman–Crippen LogP) is 2.57. The van der Waals surface area contributed by atoms with Gasteiger partial charge in [0.25, 0.3) is 0 Å². The topological polar surface area (TPSA) is 59.0 Å². The first-order chi connectivity index (χ1) is 13.5. The fraction of sp³-hybridized carbons (Fsp3) is 0.696. The van der Waals surface area contributed by atoms with E-state index in [1.165, 1.54) is 37.3 Å². The molecule has 0 aromatic heterocycles. The zero-order valence-corrected chi connectivity index (χ0v) is 16.5. The van der Waals surface area contributed by atoms with E-state index in [4.69, 9.17) is 9.47 Å². The second kappa shape index (κ2) is 5.73. The van der Waals surface area contributed by atoms with Crippen LogP contribution in [0.3, 0.4) is 0 Å². The van der Waals surface area contributed by atoms with E-state index in [-0.39, 0.29) is 24.2 Å². The highest BCUT2D eigenvalue weighted by atomic mass is 16.6. The molecule has 1 N–H and O–H groups in total. The number of ether oxygens (including phenoxy) is 2. The van der Waals surface area contributed by atoms with Gasteiger partial charge in [0.15, 0.2) is 0 Å². The van der Waals surface area contributed by atoms with Crippen LogP contribution >= 0.6 is 0 Å². The molecule has 5 nitrogen and oxygen atoms in total. The van der Waals surface area contributed by atoms with Crippen molar-refractivity contribution in [1.29, 1.82) is 0 Å². The molecular formula is C23H29NO4. The number of hydrogen-bond acceptors (Lipinski definition) is 5. The van der Waals surface area contributed by atoms with Crippen molar-refractivity contribution in [2.75, 3.05) is 13.1 Å². The summed E-state index contributed by atoms with van der Waals surface area (Å²) < 4.78 is 12.2. The molecule has 3 fully saturated rings. The van der Waals surface area contributed by atoms with Crippen molar-refractivity contribution in [3.05, 3.63) is 29.3 Å². The SMILES string of the molecule is CC(=O)OC1CCC2(O)C3Cc4cccc5c4C2(CCN3CC2CCC2)C1O5. The van der Waals surface area contributed by atoms with Gasteiger partial charge < -0.3 is 14.6 Å². The highest BCUT2D eigenvalue weighted by Crippen LogP contribution is 2.64. The molecule has 5 unspecified atom stereocenters. The van der Waals surface area contributed by atoms with Crippen LogP contribution in [0.4, 0.5) is 0 Å². The van der Waals surface area contributed by atoms with E-state index < -0.39 is 11.0 Å². The molecule has 1 saturated heterocycles. The van der Waals surface area contributed by atoms with Gasteiger partial charge in [-0.25, -0.2) is 0 Å². The van der Waals surface area contributed by atoms with E-state index in [2.05, 4.69) is 17.0 Å². The van der Waals surface area contributed by atoms with Gasteiger partial charge in [0.05, 0.1) is 11.0 Å². The van der Waals surface area contributed by atoms with Gasteiger partial charge in [0, 0.05) is 25.1 Å². The molecule has 28 heavy (non-hydrogen) atoms. The Hall–Kier alpha value is -1.59. The van der Waals surface area contributed by atoms with Gasteiger partial charge in [-0.1, -0.05) is 18.6 Å². The molecule has 5 aliphatic rings. The van der Waals surface area contributed by atoms with E-state index >= 15 is 0 Å². The van der Waals surface area contributed by atoms with Crippen molar-refractivity contribution >= 4 is 5.97 Å². The Labute approximate surface area is 166 Å². The summed E-state index contributed by atoms with van der Waals surface area (Å²) >= 11 is 0. The number of rotatable bonds is 3. The zero-order chi connectivity index (χ0) is 19.1. The predicted molar refractivity (Wildman–Crippen MR) is 103 cm³/mol. The van der Waals surface area contributed by atoms with Gasteiger partial charge in [-0.3, -0.25) is 9.69 Å². The lowest BCUT2D eigenvalue weighted by molar-refractivity contribution is -0.216. The minimum Gasteiger partial charge on any atom is -0.485 e. The summed E-state index contributed by atoms with van der Waals surface area (Å²) in [4.78, 5) is 14.3. The normalized spacial score (nSPS) is 41.0. The van der Waals surface area contributed by atoms with E-state index in [0.717, 1.165) is 37.6 Å². The first kappa shape index (κ1) is 17.3. The molecule has 3 aliphatic carbocycles. The van der Waals surface area contributed by atoms with Crippen LogP contribution in [-0.4, -0.2) is 52.9 Å². The minimum absolute atomic E-state index is 0.132. The first-order valence-corrected chi connectivity index (χ1v) is 11.0. The highest BCUT2D eigenvalue weighted by molar-refractivity contribution is 5.66. The van der Waals surface area contributed by atoms with E-state index in [0.29, 0.717) is 12.8 Å². The van der Waals surface area contributed by atoms with Crippen molar-refractivity contribution in [2.24, 2.45) is 5.92 Å². The number of aliphatic hydroxyl groups is 1. The Morgan fingerprint density at radius 1 is 1.32 bits per heavy atom. The first-order valence-electron chi connectivity index (χ1n) is 11.0. The molecule has 2 aliphatic heterocycles. The maximum atomic E-state index is 12.3. The minimum atomic E-state index is -0.810. The number of nitrogens with zero attached hydrogens (tertiary/aromatic N) is 1. The third kappa shape index (κ3) is 2.02. The van der Waals surface area contributed by atoms with Crippen LogP contribution in [0.25, 0.3) is 0 Å². The lowest BCUT2D eigenvalue weighted by Gasteiger charge is -2.64. The number of piperidine rings is 1. The molecule has 5 atom stereocenters. The maximum absolute atomic E-state index is 12.3. The Balaban J connectivity index is 1.46. The standard InChI is InChI=1S/C23H29NO4/c1-14(25)27-18-8-9-23(26)19-12-16-6-3-7-17-20(16)22(23,21(18)28-17)10-11-24(19)13-15-4-2-5-15/h3,6-7,15,18-19,21,26H,2,4-5,8-13H2,1H3. The Morgan fingerprint density at radius 2 is 2.18 bits per heavy atom. The van der Waals surface area contributed by atoms with Gasteiger partial charge in [-0.05, 0) is 62.6 Å². The third-order valence-electron chi connectivity index (χ3n) is 8.45. The number of carbonyl (C=O) groups is 1. The zero-order valence-electron chi connectivity index (χ0n) is 16.5. The molecule has 5 heteroatoms. The van der Waals surface area contributed by atoms with Gasteiger partial charge in [0.2, 0.25) is 0 Å². The summed E-state index contributed by atoms with van der Waals surface area (Å²) in [6.45, 7) is 3.57. The summed E-state index contributed by atoms with van der Waals surface area (Å²) in [5.41, 5.74) is 1.27. The molecule has 150 valence electrons. The van der Waals surface area contributed by atoms with Crippen molar-refractivity contribution < 1.29 is 19.4 Å². The largest absolute Gasteiger partial charge is 0.485 e. The number of hydrogen-bond donors (Lipinski definition) is 1. The highest BCUT2D eigenvalue weighted by Gasteiger charge is 2.73. The smallest absolute Gasteiger partial charge is 0.303 e. The van der Waals surface area contributed by atoms with Gasteiger partial charge in [0.1, 0.15) is 18.0 Å². The molecule has 1 aromatic rings. The Morgan fingerprint density at radius 3 is 2.93 bits per heavy atom. The average Bonchev–Trinajstić information content (AvgIpc) is 2.96. The van der Waals surface area contributed by atoms with Crippen LogP contribution in [0.1, 0.15) is 56.6 Å². The number of benzene rings is 1. The monoisotopic (exact) mass is 383 g/mol. The Bertz CT molecular complexity index is 836. The van der Waals surface area contributed by atoms with E-state index in [1.807, 2.05) is 6.07 Å². The number of carbonyl (C=O) groups excluding carboxylic acids is 1. The molecule has 2 bridgehead atoms. The van der Waals surface area contributed by atoms with Crippen LogP contribution in [0.5, 0.6) is 5.75 Å². The summed E-state index contributed by atoms with van der Waals surface area (Å²) in [6.07, 6.45) is 6.55. The molecule has 1 aromatic carbocycles. The maximum Gasteiger partial charge on any atom is 0.303 e. The fourth-order valence-corrected chi connectivity index (χ4v) is 7.11. The van der Waals surface area contributed by atoms with Crippen molar-refractivity contribution in [3.63, 3.8) is 0 Å². The van der Waals surface area contributed by atoms with Crippen molar-refractivity contribution in [2.45, 2.75) is 81.1 Å². The number of likely N-dealkylation sites (tertiary alicyclic amines) is 1. The average molecular weight is 383 g/mol. The molecule has 0 amide bonds. The van der Waals surface area contributed by atoms with Gasteiger partial charge in [-0.2, -0.15) is 0 Å². The van der Waals surface area contributed by atoms with Crippen molar-refractivity contribution in [1.82, 2.24) is 4.90 Å². The third-order valence-corrected chi connectivity index (χ3v) is 8.45. The van der Waals surface area contributed by atoms with Crippen LogP contribution in [-0.2, 0) is 21.4 Å². The van der Waals surface area contributed by atoms with Crippen LogP contribution in [0, 0.1) is 5.92 Å². The lowest BCUT2D eigenvalue weighted by Crippen LogP contribution is -2.77. The van der Waals surface area contributed by atoms with Crippen LogP contribution in [0.2, 0.25) is 0 Å². The second-order valence-electron chi connectivity index (χ2n) is 9.67.